The van der Waals surface area contributed by atoms with Gasteiger partial charge in [-0.3, -0.25) is 9.36 Å². The number of H-pyrrole nitrogens is 1. The van der Waals surface area contributed by atoms with Gasteiger partial charge in [-0.25, -0.2) is 4.79 Å². The maximum atomic E-state index is 12.5. The Morgan fingerprint density at radius 2 is 1.86 bits per heavy atom. The molecule has 2 aromatic heterocycles. The number of hydrogen-bond acceptors (Lipinski definition) is 7. The fourth-order valence-electron chi connectivity index (χ4n) is 4.86. The number of benzene rings is 1. The molecule has 1 N–H and O–H groups in total. The van der Waals surface area contributed by atoms with Crippen LogP contribution in [0.5, 0.6) is 0 Å². The van der Waals surface area contributed by atoms with E-state index in [9.17, 15) is 9.59 Å². The van der Waals surface area contributed by atoms with Crippen LogP contribution in [0.3, 0.4) is 0 Å². The third-order valence-electron chi connectivity index (χ3n) is 6.55. The monoisotopic (exact) mass is 493 g/mol. The maximum absolute atomic E-state index is 12.5. The van der Waals surface area contributed by atoms with Crippen LogP contribution in [0.15, 0.2) is 40.5 Å². The summed E-state index contributed by atoms with van der Waals surface area (Å²) < 4.78 is 5.50. The predicted octanol–water partition coefficient (Wildman–Crippen LogP) is 3.15. The fraction of sp³-hybridized carbons (Fsp3) is 0.440. The maximum Gasteiger partial charge on any atom is 0.327 e. The first-order valence-electron chi connectivity index (χ1n) is 11.9. The average molecular weight is 494 g/mol. The summed E-state index contributed by atoms with van der Waals surface area (Å²) in [5.41, 5.74) is 3.57. The van der Waals surface area contributed by atoms with Gasteiger partial charge in [-0.1, -0.05) is 43.5 Å². The smallest absolute Gasteiger partial charge is 0.327 e. The van der Waals surface area contributed by atoms with E-state index in [2.05, 4.69) is 75.5 Å². The summed E-state index contributed by atoms with van der Waals surface area (Å²) in [5, 5.41) is 5.60. The van der Waals surface area contributed by atoms with E-state index in [1.807, 2.05) is 18.0 Å². The lowest BCUT2D eigenvalue weighted by molar-refractivity contribution is 0.0741. The molecular formula is C25H31N7O2S. The molecule has 1 atom stereocenters. The first-order chi connectivity index (χ1) is 16.7. The van der Waals surface area contributed by atoms with Crippen LogP contribution in [0.25, 0.3) is 6.08 Å². The van der Waals surface area contributed by atoms with Crippen LogP contribution in [0, 0.1) is 5.41 Å². The number of rotatable bonds is 4. The number of hydrogen-bond donors (Lipinski definition) is 1. The molecule has 0 radical (unpaired) electrons. The van der Waals surface area contributed by atoms with E-state index in [1.54, 1.807) is 9.95 Å². The highest BCUT2D eigenvalue weighted by Gasteiger charge is 2.31. The topological polar surface area (TPSA) is 90.4 Å². The largest absolute Gasteiger partial charge is 0.368 e. The highest BCUT2D eigenvalue weighted by atomic mass is 32.1. The molecule has 10 heteroatoms. The number of carbonyl (C=O) groups excluding carboxylic acids is 1. The molecule has 184 valence electrons. The van der Waals surface area contributed by atoms with E-state index < -0.39 is 0 Å². The number of aromatic nitrogens is 4. The zero-order valence-electron chi connectivity index (χ0n) is 20.6. The predicted molar refractivity (Wildman–Crippen MR) is 139 cm³/mol. The minimum Gasteiger partial charge on any atom is -0.368 e. The van der Waals surface area contributed by atoms with Crippen LogP contribution in [0.4, 0.5) is 11.5 Å². The van der Waals surface area contributed by atoms with Gasteiger partial charge in [-0.15, -0.1) is 5.10 Å². The van der Waals surface area contributed by atoms with Crippen molar-refractivity contribution in [3.8, 4) is 0 Å². The minimum absolute atomic E-state index is 0.0402. The van der Waals surface area contributed by atoms with Crippen molar-refractivity contribution >= 4 is 35.0 Å². The Morgan fingerprint density at radius 1 is 1.14 bits per heavy atom. The standard InChI is InChI=1S/C25H31N7O2S/c1-25(2,3)16-32-21(10-9-19-22(32)29(4)24(34)26-19)17-5-7-18(8-6-17)30-11-13-31(14-12-30)23(33)20-15-35-28-27-20/h5-10,15,21H,11-14,16H2,1-4H3,(H,26,34). The van der Waals surface area contributed by atoms with E-state index in [0.29, 0.717) is 18.8 Å². The van der Waals surface area contributed by atoms with Gasteiger partial charge in [0.2, 0.25) is 0 Å². The zero-order chi connectivity index (χ0) is 24.7. The van der Waals surface area contributed by atoms with E-state index in [0.717, 1.165) is 36.8 Å². The number of aromatic amines is 1. The Kier molecular flexibility index (Phi) is 6.00. The lowest BCUT2D eigenvalue weighted by Crippen LogP contribution is -2.48. The molecule has 0 saturated carbocycles. The summed E-state index contributed by atoms with van der Waals surface area (Å²) in [6, 6.07) is 8.71. The summed E-state index contributed by atoms with van der Waals surface area (Å²) in [6.07, 6.45) is 4.18. The van der Waals surface area contributed by atoms with Gasteiger partial charge in [0.25, 0.3) is 5.91 Å². The number of anilines is 2. The normalized spacial score (nSPS) is 18.2. The Morgan fingerprint density at radius 3 is 2.49 bits per heavy atom. The van der Waals surface area contributed by atoms with Crippen molar-refractivity contribution in [1.29, 1.82) is 0 Å². The van der Waals surface area contributed by atoms with Gasteiger partial charge < -0.3 is 19.7 Å². The minimum atomic E-state index is -0.0989. The molecule has 1 unspecified atom stereocenters. The van der Waals surface area contributed by atoms with Crippen LogP contribution in [0.2, 0.25) is 0 Å². The highest BCUT2D eigenvalue weighted by Crippen LogP contribution is 2.37. The van der Waals surface area contributed by atoms with Gasteiger partial charge in [0.1, 0.15) is 5.82 Å². The van der Waals surface area contributed by atoms with Crippen molar-refractivity contribution in [2.24, 2.45) is 12.5 Å². The zero-order valence-corrected chi connectivity index (χ0v) is 21.4. The van der Waals surface area contributed by atoms with Crippen LogP contribution in [-0.4, -0.2) is 62.7 Å². The number of carbonyl (C=O) groups is 1. The van der Waals surface area contributed by atoms with Gasteiger partial charge in [0.05, 0.1) is 11.7 Å². The summed E-state index contributed by atoms with van der Waals surface area (Å²) >= 11 is 1.20. The molecular weight excluding hydrogens is 462 g/mol. The first-order valence-corrected chi connectivity index (χ1v) is 12.7. The molecule has 2 aliphatic heterocycles. The van der Waals surface area contributed by atoms with E-state index in [1.165, 1.54) is 17.1 Å². The van der Waals surface area contributed by atoms with Gasteiger partial charge in [-0.2, -0.15) is 0 Å². The van der Waals surface area contributed by atoms with Crippen LogP contribution < -0.4 is 15.5 Å². The third-order valence-corrected chi connectivity index (χ3v) is 7.05. The molecule has 3 aromatic rings. The summed E-state index contributed by atoms with van der Waals surface area (Å²) in [4.78, 5) is 34.3. The molecule has 4 heterocycles. The number of imidazole rings is 1. The van der Waals surface area contributed by atoms with Crippen LogP contribution in [0.1, 0.15) is 48.6 Å². The van der Waals surface area contributed by atoms with Crippen molar-refractivity contribution in [2.75, 3.05) is 42.5 Å². The second-order valence-corrected chi connectivity index (χ2v) is 11.0. The Balaban J connectivity index is 1.32. The van der Waals surface area contributed by atoms with Gasteiger partial charge in [0, 0.05) is 50.8 Å². The van der Waals surface area contributed by atoms with Crippen molar-refractivity contribution < 1.29 is 4.79 Å². The molecule has 2 aliphatic rings. The number of nitrogens with one attached hydrogen (secondary N) is 1. The Labute approximate surface area is 208 Å². The second kappa shape index (κ2) is 8.99. The second-order valence-electron chi connectivity index (χ2n) is 10.4. The quantitative estimate of drug-likeness (QED) is 0.601. The van der Waals surface area contributed by atoms with Crippen molar-refractivity contribution in [3.63, 3.8) is 0 Å². The number of nitrogens with zero attached hydrogens (tertiary/aromatic N) is 6. The molecule has 1 aromatic carbocycles. The van der Waals surface area contributed by atoms with E-state index in [4.69, 9.17) is 0 Å². The summed E-state index contributed by atoms with van der Waals surface area (Å²) in [7, 11) is 1.82. The molecule has 0 bridgehead atoms. The van der Waals surface area contributed by atoms with Crippen molar-refractivity contribution in [1.82, 2.24) is 24.0 Å². The molecule has 1 fully saturated rings. The molecule has 1 amide bonds. The molecule has 0 aliphatic carbocycles. The third kappa shape index (κ3) is 4.62. The fourth-order valence-corrected chi connectivity index (χ4v) is 5.29. The molecule has 5 rings (SSSR count). The lowest BCUT2D eigenvalue weighted by atomic mass is 9.92. The molecule has 9 nitrogen and oxygen atoms in total. The molecule has 1 saturated heterocycles. The van der Waals surface area contributed by atoms with Crippen molar-refractivity contribution in [3.05, 3.63) is 63.2 Å². The lowest BCUT2D eigenvalue weighted by Gasteiger charge is -2.39. The van der Waals surface area contributed by atoms with Crippen molar-refractivity contribution in [2.45, 2.75) is 26.8 Å². The van der Waals surface area contributed by atoms with Gasteiger partial charge >= 0.3 is 5.69 Å². The highest BCUT2D eigenvalue weighted by molar-refractivity contribution is 7.03. The first kappa shape index (κ1) is 23.3. The van der Waals surface area contributed by atoms with Gasteiger partial charge in [-0.05, 0) is 40.7 Å². The number of fused-ring (bicyclic) bond motifs is 1. The number of amides is 1. The molecule has 35 heavy (non-hydrogen) atoms. The SMILES string of the molecule is Cn1c2c([nH]c1=O)C=CC(c1ccc(N3CCN(C(=O)c4csnn4)CC3)cc1)N2CC(C)(C)C. The number of piperazine rings is 1. The van der Waals surface area contributed by atoms with E-state index >= 15 is 0 Å². The van der Waals surface area contributed by atoms with E-state index in [-0.39, 0.29) is 23.1 Å². The Hall–Kier alpha value is -3.40. The summed E-state index contributed by atoms with van der Waals surface area (Å²) in [5.74, 6) is 0.882. The average Bonchev–Trinajstić information content (AvgIpc) is 3.47. The molecule has 0 spiro atoms. The summed E-state index contributed by atoms with van der Waals surface area (Å²) in [6.45, 7) is 10.3. The van der Waals surface area contributed by atoms with Gasteiger partial charge in [0.15, 0.2) is 5.69 Å². The Bertz CT molecular complexity index is 1280. The van der Waals surface area contributed by atoms with Crippen LogP contribution >= 0.6 is 11.5 Å². The van der Waals surface area contributed by atoms with Crippen LogP contribution in [-0.2, 0) is 7.05 Å².